The molecule has 1 aromatic carbocycles. The van der Waals surface area contributed by atoms with Gasteiger partial charge in [0.1, 0.15) is 23.7 Å². The lowest BCUT2D eigenvalue weighted by atomic mass is 9.63. The second-order valence-electron chi connectivity index (χ2n) is 11.9. The highest BCUT2D eigenvalue weighted by Gasteiger charge is 2.54. The SMILES string of the molecule is C=CC(O)N1CC2(CCN(c3nc4c(c(-c5c(C)ccc6cnn(C)c56)c3C#N)C[C@H]3C[C@@H]4C3)[C@H]2C)C1. The Morgan fingerprint density at radius 3 is 2.78 bits per heavy atom. The highest BCUT2D eigenvalue weighted by molar-refractivity contribution is 5.99. The molecular weight excluding hydrogens is 460 g/mol. The van der Waals surface area contributed by atoms with Crippen LogP contribution in [0.4, 0.5) is 5.82 Å². The number of pyridine rings is 1. The van der Waals surface area contributed by atoms with Crippen LogP contribution in [0.2, 0.25) is 0 Å². The van der Waals surface area contributed by atoms with Gasteiger partial charge < -0.3 is 10.0 Å². The number of anilines is 1. The van der Waals surface area contributed by atoms with Crippen molar-refractivity contribution in [3.63, 3.8) is 0 Å². The summed E-state index contributed by atoms with van der Waals surface area (Å²) in [6.07, 6.45) is 7.40. The Morgan fingerprint density at radius 1 is 1.27 bits per heavy atom. The van der Waals surface area contributed by atoms with E-state index in [0.29, 0.717) is 17.4 Å². The Morgan fingerprint density at radius 2 is 2.05 bits per heavy atom. The Labute approximate surface area is 218 Å². The molecular formula is C30H34N6O. The number of nitriles is 1. The van der Waals surface area contributed by atoms with Gasteiger partial charge in [-0.2, -0.15) is 10.4 Å². The molecule has 8 rings (SSSR count). The molecule has 37 heavy (non-hydrogen) atoms. The minimum Gasteiger partial charge on any atom is -0.375 e. The van der Waals surface area contributed by atoms with Gasteiger partial charge in [0.15, 0.2) is 0 Å². The van der Waals surface area contributed by atoms with Gasteiger partial charge in [0.2, 0.25) is 0 Å². The standard InChI is InChI=1S/C30H34N6O/c1-5-24(37)35-15-30(16-35)8-9-36(18(30)3)29-23(13-31)26(22-12-19-10-21(11-19)27(22)33-29)25-17(2)6-7-20-14-32-34(4)28(20)25/h5-7,14,18-19,21,24,37H,1,8-12,15-16H2,2-4H3/t18-,19-,21+,24?/m0/s1. The molecule has 2 saturated heterocycles. The van der Waals surface area contributed by atoms with Crippen LogP contribution in [0, 0.1) is 29.6 Å². The van der Waals surface area contributed by atoms with Crippen molar-refractivity contribution >= 4 is 16.7 Å². The van der Waals surface area contributed by atoms with E-state index in [1.54, 1.807) is 6.08 Å². The van der Waals surface area contributed by atoms with Crippen LogP contribution in [0.25, 0.3) is 22.0 Å². The number of aliphatic hydroxyl groups is 1. The fourth-order valence-corrected chi connectivity index (χ4v) is 7.75. The Hall–Kier alpha value is -3.21. The van der Waals surface area contributed by atoms with E-state index in [-0.39, 0.29) is 11.5 Å². The number of fused-ring (bicyclic) bond motifs is 1. The number of hydrogen-bond donors (Lipinski definition) is 1. The third-order valence-corrected chi connectivity index (χ3v) is 10.00. The van der Waals surface area contributed by atoms with Gasteiger partial charge in [-0.1, -0.05) is 18.7 Å². The molecule has 3 aromatic rings. The summed E-state index contributed by atoms with van der Waals surface area (Å²) in [7, 11) is 2.00. The van der Waals surface area contributed by atoms with Crippen molar-refractivity contribution in [3.05, 3.63) is 53.4 Å². The van der Waals surface area contributed by atoms with Gasteiger partial charge in [-0.15, -0.1) is 0 Å². The molecule has 2 aromatic heterocycles. The summed E-state index contributed by atoms with van der Waals surface area (Å²) >= 11 is 0. The number of rotatable bonds is 4. The molecule has 2 bridgehead atoms. The number of aromatic nitrogens is 3. The maximum atomic E-state index is 10.7. The number of likely N-dealkylation sites (tertiary alicyclic amines) is 1. The van der Waals surface area contributed by atoms with Gasteiger partial charge in [-0.05, 0) is 62.7 Å². The van der Waals surface area contributed by atoms with Crippen molar-refractivity contribution in [2.75, 3.05) is 24.5 Å². The summed E-state index contributed by atoms with van der Waals surface area (Å²) in [5, 5.41) is 26.6. The minimum atomic E-state index is -0.594. The summed E-state index contributed by atoms with van der Waals surface area (Å²) in [6, 6.07) is 7.17. The highest BCUT2D eigenvalue weighted by atomic mass is 16.3. The van der Waals surface area contributed by atoms with E-state index < -0.39 is 6.23 Å². The van der Waals surface area contributed by atoms with E-state index in [4.69, 9.17) is 4.98 Å². The van der Waals surface area contributed by atoms with Crippen LogP contribution in [-0.2, 0) is 13.5 Å². The molecule has 0 amide bonds. The molecule has 2 aliphatic heterocycles. The van der Waals surface area contributed by atoms with Crippen molar-refractivity contribution in [2.45, 2.75) is 57.7 Å². The summed E-state index contributed by atoms with van der Waals surface area (Å²) < 4.78 is 1.95. The van der Waals surface area contributed by atoms with Crippen molar-refractivity contribution in [1.29, 1.82) is 5.26 Å². The lowest BCUT2D eigenvalue weighted by Gasteiger charge is -2.52. The second-order valence-corrected chi connectivity index (χ2v) is 11.9. The fourth-order valence-electron chi connectivity index (χ4n) is 7.75. The van der Waals surface area contributed by atoms with Crippen LogP contribution < -0.4 is 4.90 Å². The van der Waals surface area contributed by atoms with Crippen LogP contribution in [0.15, 0.2) is 31.0 Å². The topological polar surface area (TPSA) is 81.2 Å². The molecule has 1 spiro atoms. The Bertz CT molecular complexity index is 1490. The highest BCUT2D eigenvalue weighted by Crippen LogP contribution is 2.55. The van der Waals surface area contributed by atoms with E-state index in [1.165, 1.54) is 29.7 Å². The molecule has 3 fully saturated rings. The molecule has 5 aliphatic rings. The third kappa shape index (κ3) is 3.06. The van der Waals surface area contributed by atoms with Crippen molar-refractivity contribution in [1.82, 2.24) is 19.7 Å². The van der Waals surface area contributed by atoms with Crippen LogP contribution in [0.5, 0.6) is 0 Å². The number of benzene rings is 1. The summed E-state index contributed by atoms with van der Waals surface area (Å²) in [5.41, 5.74) is 7.82. The summed E-state index contributed by atoms with van der Waals surface area (Å²) in [5.74, 6) is 2.05. The quantitative estimate of drug-likeness (QED) is 0.546. The molecule has 1 unspecified atom stereocenters. The first-order valence-corrected chi connectivity index (χ1v) is 13.5. The second kappa shape index (κ2) is 7.89. The molecule has 7 heteroatoms. The van der Waals surface area contributed by atoms with Crippen molar-refractivity contribution in [3.8, 4) is 17.2 Å². The Balaban J connectivity index is 1.41. The van der Waals surface area contributed by atoms with Crippen LogP contribution in [-0.4, -0.2) is 56.7 Å². The molecule has 1 N–H and O–H groups in total. The van der Waals surface area contributed by atoms with E-state index >= 15 is 0 Å². The molecule has 190 valence electrons. The lowest BCUT2D eigenvalue weighted by molar-refractivity contribution is -0.0897. The lowest BCUT2D eigenvalue weighted by Crippen LogP contribution is -2.63. The van der Waals surface area contributed by atoms with Crippen molar-refractivity contribution in [2.24, 2.45) is 18.4 Å². The largest absolute Gasteiger partial charge is 0.375 e. The van der Waals surface area contributed by atoms with E-state index in [0.717, 1.165) is 60.3 Å². The maximum absolute atomic E-state index is 10.7. The normalized spacial score (nSPS) is 26.5. The predicted molar refractivity (Wildman–Crippen MR) is 144 cm³/mol. The zero-order valence-electron chi connectivity index (χ0n) is 21.9. The monoisotopic (exact) mass is 494 g/mol. The van der Waals surface area contributed by atoms with Gasteiger partial charge in [0, 0.05) is 66.3 Å². The van der Waals surface area contributed by atoms with Gasteiger partial charge in [-0.25, -0.2) is 4.98 Å². The Kier molecular flexibility index (Phi) is 4.90. The van der Waals surface area contributed by atoms with Gasteiger partial charge in [-0.3, -0.25) is 9.58 Å². The third-order valence-electron chi connectivity index (χ3n) is 10.00. The van der Waals surface area contributed by atoms with Crippen LogP contribution >= 0.6 is 0 Å². The van der Waals surface area contributed by atoms with Gasteiger partial charge in [0.05, 0.1) is 11.7 Å². The maximum Gasteiger partial charge on any atom is 0.147 e. The molecule has 7 nitrogen and oxygen atoms in total. The molecule has 0 radical (unpaired) electrons. The molecule has 1 saturated carbocycles. The average molecular weight is 495 g/mol. The summed E-state index contributed by atoms with van der Waals surface area (Å²) in [6.45, 7) is 10.7. The zero-order chi connectivity index (χ0) is 25.6. The number of aliphatic hydroxyl groups excluding tert-OH is 1. The van der Waals surface area contributed by atoms with Gasteiger partial charge in [0.25, 0.3) is 0 Å². The van der Waals surface area contributed by atoms with E-state index in [1.807, 2.05) is 17.9 Å². The van der Waals surface area contributed by atoms with Crippen molar-refractivity contribution < 1.29 is 5.11 Å². The number of aryl methyl sites for hydroxylation is 2. The summed E-state index contributed by atoms with van der Waals surface area (Å²) in [4.78, 5) is 9.80. The number of nitrogens with zero attached hydrogens (tertiary/aromatic N) is 6. The molecule has 3 aliphatic carbocycles. The minimum absolute atomic E-state index is 0.105. The first kappa shape index (κ1) is 22.9. The van der Waals surface area contributed by atoms with E-state index in [9.17, 15) is 10.4 Å². The predicted octanol–water partition coefficient (Wildman–Crippen LogP) is 4.27. The average Bonchev–Trinajstić information content (AvgIpc) is 3.40. The number of hydrogen-bond acceptors (Lipinski definition) is 6. The smallest absolute Gasteiger partial charge is 0.147 e. The first-order chi connectivity index (χ1) is 17.8. The van der Waals surface area contributed by atoms with Crippen LogP contribution in [0.1, 0.15) is 54.5 Å². The molecule has 4 heterocycles. The van der Waals surface area contributed by atoms with Gasteiger partial charge >= 0.3 is 0 Å². The first-order valence-electron chi connectivity index (χ1n) is 13.5. The molecule has 2 atom stereocenters. The van der Waals surface area contributed by atoms with Crippen LogP contribution in [0.3, 0.4) is 0 Å². The fraction of sp³-hybridized carbons (Fsp3) is 0.500. The van der Waals surface area contributed by atoms with E-state index in [2.05, 4.69) is 53.5 Å². The zero-order valence-corrected chi connectivity index (χ0v) is 21.9.